The van der Waals surface area contributed by atoms with Gasteiger partial charge in [0.1, 0.15) is 6.42 Å². The van der Waals surface area contributed by atoms with Gasteiger partial charge in [-0.05, 0) is 56.9 Å². The van der Waals surface area contributed by atoms with Crippen molar-refractivity contribution in [3.63, 3.8) is 0 Å². The van der Waals surface area contributed by atoms with E-state index in [0.29, 0.717) is 12.5 Å². The Morgan fingerprint density at radius 3 is 2.65 bits per heavy atom. The molecule has 1 atom stereocenters. The lowest BCUT2D eigenvalue weighted by Gasteiger charge is -2.22. The fourth-order valence-electron chi connectivity index (χ4n) is 3.09. The van der Waals surface area contributed by atoms with Gasteiger partial charge in [-0.15, -0.1) is 0 Å². The van der Waals surface area contributed by atoms with Crippen LogP contribution in [0.5, 0.6) is 0 Å². The molecule has 0 N–H and O–H groups in total. The normalized spacial score (nSPS) is 23.5. The van der Waals surface area contributed by atoms with Crippen LogP contribution in [0.3, 0.4) is 0 Å². The molecule has 0 radical (unpaired) electrons. The first-order valence-corrected chi connectivity index (χ1v) is 6.63. The second kappa shape index (κ2) is 5.48. The van der Waals surface area contributed by atoms with Crippen molar-refractivity contribution in [2.24, 2.45) is 5.92 Å². The molecule has 0 aromatic heterocycles. The number of hydrogen-bond donors (Lipinski definition) is 0. The van der Waals surface area contributed by atoms with Crippen LogP contribution in [0.1, 0.15) is 51.9 Å². The third-order valence-electron chi connectivity index (χ3n) is 3.81. The monoisotopic (exact) mass is 236 g/mol. The molecule has 0 saturated heterocycles. The highest BCUT2D eigenvalue weighted by Crippen LogP contribution is 2.41. The van der Waals surface area contributed by atoms with E-state index < -0.39 is 0 Å². The minimum absolute atomic E-state index is 0.00468. The molecule has 0 amide bonds. The Morgan fingerprint density at radius 1 is 1.24 bits per heavy atom. The van der Waals surface area contributed by atoms with Crippen LogP contribution in [0.4, 0.5) is 0 Å². The highest BCUT2D eigenvalue weighted by atomic mass is 16.5. The highest BCUT2D eigenvalue weighted by Gasteiger charge is 2.30. The summed E-state index contributed by atoms with van der Waals surface area (Å²) in [4.78, 5) is 23.4. The average Bonchev–Trinajstić information content (AvgIpc) is 2.76. The Kier molecular flexibility index (Phi) is 3.97. The molecular weight excluding hydrogens is 216 g/mol. The van der Waals surface area contributed by atoms with Crippen molar-refractivity contribution in [1.29, 1.82) is 0 Å². The minimum Gasteiger partial charge on any atom is -0.466 e. The number of fused-ring (bicyclic) bond motifs is 1. The Labute approximate surface area is 102 Å². The number of ketones is 1. The van der Waals surface area contributed by atoms with Crippen LogP contribution in [0.2, 0.25) is 0 Å². The molecule has 3 heteroatoms. The van der Waals surface area contributed by atoms with Crippen molar-refractivity contribution in [3.05, 3.63) is 11.1 Å². The molecule has 0 aromatic carbocycles. The fraction of sp³-hybridized carbons (Fsp3) is 0.714. The summed E-state index contributed by atoms with van der Waals surface area (Å²) in [5.74, 6) is 0.251. The lowest BCUT2D eigenvalue weighted by atomic mass is 9.82. The first-order valence-electron chi connectivity index (χ1n) is 6.63. The highest BCUT2D eigenvalue weighted by molar-refractivity contribution is 6.06. The molecule has 94 valence electrons. The molecule has 1 saturated carbocycles. The number of hydrogen-bond acceptors (Lipinski definition) is 3. The molecule has 2 aliphatic rings. The van der Waals surface area contributed by atoms with Crippen molar-refractivity contribution < 1.29 is 14.3 Å². The quantitative estimate of drug-likeness (QED) is 0.557. The van der Waals surface area contributed by atoms with Crippen LogP contribution in [0.15, 0.2) is 11.1 Å². The largest absolute Gasteiger partial charge is 0.466 e. The molecule has 1 unspecified atom stereocenters. The molecule has 3 nitrogen and oxygen atoms in total. The standard InChI is InChI=1S/C14H20O3/c1-2-17-14(16)9-13(15)12-8-4-6-10-5-3-7-11(10)12/h10H,2-9H2,1H3. The Bertz CT molecular complexity index is 354. The zero-order valence-corrected chi connectivity index (χ0v) is 10.5. The second-order valence-corrected chi connectivity index (χ2v) is 4.89. The molecule has 2 aliphatic carbocycles. The molecule has 1 fully saturated rings. The van der Waals surface area contributed by atoms with Gasteiger partial charge in [0, 0.05) is 0 Å². The molecule has 17 heavy (non-hydrogen) atoms. The van der Waals surface area contributed by atoms with E-state index in [1.54, 1.807) is 6.92 Å². The third kappa shape index (κ3) is 2.76. The summed E-state index contributed by atoms with van der Waals surface area (Å²) in [6.07, 6.45) is 6.61. The summed E-state index contributed by atoms with van der Waals surface area (Å²) in [6, 6.07) is 0. The molecule has 0 bridgehead atoms. The van der Waals surface area contributed by atoms with E-state index in [-0.39, 0.29) is 18.2 Å². The van der Waals surface area contributed by atoms with E-state index in [1.807, 2.05) is 0 Å². The van der Waals surface area contributed by atoms with Gasteiger partial charge in [-0.1, -0.05) is 5.57 Å². The maximum atomic E-state index is 12.1. The number of rotatable bonds is 4. The van der Waals surface area contributed by atoms with Crippen LogP contribution in [-0.4, -0.2) is 18.4 Å². The van der Waals surface area contributed by atoms with E-state index in [4.69, 9.17) is 4.74 Å². The van der Waals surface area contributed by atoms with Crippen LogP contribution in [0, 0.1) is 5.92 Å². The van der Waals surface area contributed by atoms with Crippen molar-refractivity contribution >= 4 is 11.8 Å². The van der Waals surface area contributed by atoms with Gasteiger partial charge in [0.15, 0.2) is 5.78 Å². The Hall–Kier alpha value is -1.12. The number of carbonyl (C=O) groups excluding carboxylic acids is 2. The fourth-order valence-corrected chi connectivity index (χ4v) is 3.09. The summed E-state index contributed by atoms with van der Waals surface area (Å²) < 4.78 is 4.83. The van der Waals surface area contributed by atoms with Gasteiger partial charge in [-0.3, -0.25) is 9.59 Å². The molecule has 2 rings (SSSR count). The number of carbonyl (C=O) groups is 2. The Balaban J connectivity index is 2.05. The summed E-state index contributed by atoms with van der Waals surface area (Å²) >= 11 is 0. The van der Waals surface area contributed by atoms with Gasteiger partial charge in [-0.25, -0.2) is 0 Å². The van der Waals surface area contributed by atoms with E-state index in [1.165, 1.54) is 24.8 Å². The van der Waals surface area contributed by atoms with Crippen molar-refractivity contribution in [3.8, 4) is 0 Å². The van der Waals surface area contributed by atoms with Gasteiger partial charge >= 0.3 is 5.97 Å². The van der Waals surface area contributed by atoms with Gasteiger partial charge in [0.2, 0.25) is 0 Å². The van der Waals surface area contributed by atoms with E-state index in [9.17, 15) is 9.59 Å². The summed E-state index contributed by atoms with van der Waals surface area (Å²) in [7, 11) is 0. The first-order chi connectivity index (χ1) is 8.22. The summed E-state index contributed by atoms with van der Waals surface area (Å²) in [5.41, 5.74) is 2.30. The third-order valence-corrected chi connectivity index (χ3v) is 3.81. The second-order valence-electron chi connectivity index (χ2n) is 4.89. The number of esters is 1. The van der Waals surface area contributed by atoms with Crippen molar-refractivity contribution in [1.82, 2.24) is 0 Å². The Morgan fingerprint density at radius 2 is 1.94 bits per heavy atom. The average molecular weight is 236 g/mol. The predicted octanol–water partition coefficient (Wildman–Crippen LogP) is 2.79. The maximum absolute atomic E-state index is 12.1. The lowest BCUT2D eigenvalue weighted by molar-refractivity contribution is -0.145. The van der Waals surface area contributed by atoms with Crippen LogP contribution >= 0.6 is 0 Å². The minimum atomic E-state index is -0.384. The van der Waals surface area contributed by atoms with E-state index in [0.717, 1.165) is 24.8 Å². The van der Waals surface area contributed by atoms with Crippen LogP contribution in [-0.2, 0) is 14.3 Å². The van der Waals surface area contributed by atoms with Crippen molar-refractivity contribution in [2.45, 2.75) is 51.9 Å². The first kappa shape index (κ1) is 12.3. The zero-order chi connectivity index (χ0) is 12.3. The maximum Gasteiger partial charge on any atom is 0.313 e. The molecule has 0 heterocycles. The van der Waals surface area contributed by atoms with Gasteiger partial charge in [0.05, 0.1) is 6.61 Å². The number of Topliss-reactive ketones (excluding diaryl/α,β-unsaturated/α-hetero) is 1. The summed E-state index contributed by atoms with van der Waals surface area (Å²) in [6.45, 7) is 2.11. The predicted molar refractivity (Wildman–Crippen MR) is 64.5 cm³/mol. The van der Waals surface area contributed by atoms with E-state index >= 15 is 0 Å². The molecule has 0 aliphatic heterocycles. The SMILES string of the molecule is CCOC(=O)CC(=O)C1=C2CCCC2CCC1. The molecule has 0 aromatic rings. The van der Waals surface area contributed by atoms with Crippen molar-refractivity contribution in [2.75, 3.05) is 6.61 Å². The number of ether oxygens (including phenoxy) is 1. The van der Waals surface area contributed by atoms with Gasteiger partial charge in [-0.2, -0.15) is 0 Å². The molecular formula is C14H20O3. The zero-order valence-electron chi connectivity index (χ0n) is 10.5. The lowest BCUT2D eigenvalue weighted by Crippen LogP contribution is -2.18. The van der Waals surface area contributed by atoms with E-state index in [2.05, 4.69) is 0 Å². The smallest absolute Gasteiger partial charge is 0.313 e. The van der Waals surface area contributed by atoms with Gasteiger partial charge < -0.3 is 4.74 Å². The van der Waals surface area contributed by atoms with Crippen LogP contribution < -0.4 is 0 Å². The van der Waals surface area contributed by atoms with Crippen LogP contribution in [0.25, 0.3) is 0 Å². The molecule has 0 spiro atoms. The topological polar surface area (TPSA) is 43.4 Å². The summed E-state index contributed by atoms with van der Waals surface area (Å²) in [5, 5.41) is 0. The number of allylic oxidation sites excluding steroid dienone is 2. The van der Waals surface area contributed by atoms with Gasteiger partial charge in [0.25, 0.3) is 0 Å².